The summed E-state index contributed by atoms with van der Waals surface area (Å²) in [7, 11) is 0. The number of rotatable bonds is 3. The first-order chi connectivity index (χ1) is 10.7. The second-order valence-corrected chi connectivity index (χ2v) is 7.66. The molecule has 0 radical (unpaired) electrons. The molecule has 2 saturated heterocycles. The van der Waals surface area contributed by atoms with E-state index in [4.69, 9.17) is 0 Å². The Labute approximate surface area is 133 Å². The minimum atomic E-state index is -0.0697. The van der Waals surface area contributed by atoms with Gasteiger partial charge in [0, 0.05) is 19.6 Å². The van der Waals surface area contributed by atoms with Crippen LogP contribution in [0.25, 0.3) is 0 Å². The molecule has 1 amide bonds. The van der Waals surface area contributed by atoms with Gasteiger partial charge in [-0.1, -0.05) is 30.3 Å². The average molecular weight is 298 g/mol. The zero-order chi connectivity index (χ0) is 15.0. The molecule has 1 aromatic rings. The Morgan fingerprint density at radius 1 is 1.05 bits per heavy atom. The summed E-state index contributed by atoms with van der Waals surface area (Å²) >= 11 is 0. The van der Waals surface area contributed by atoms with Gasteiger partial charge >= 0.3 is 0 Å². The minimum Gasteiger partial charge on any atom is -0.342 e. The van der Waals surface area contributed by atoms with Gasteiger partial charge in [-0.25, -0.2) is 0 Å². The van der Waals surface area contributed by atoms with E-state index in [-0.39, 0.29) is 5.41 Å². The lowest BCUT2D eigenvalue weighted by Crippen LogP contribution is -2.47. The monoisotopic (exact) mass is 298 g/mol. The fourth-order valence-corrected chi connectivity index (χ4v) is 4.35. The number of nitrogens with zero attached hydrogens (tertiary/aromatic N) is 1. The van der Waals surface area contributed by atoms with Crippen LogP contribution >= 0.6 is 0 Å². The quantitative estimate of drug-likeness (QED) is 0.930. The highest BCUT2D eigenvalue weighted by Crippen LogP contribution is 2.50. The van der Waals surface area contributed by atoms with E-state index in [1.807, 2.05) is 6.07 Å². The number of benzene rings is 1. The Hall–Kier alpha value is -1.35. The molecule has 4 rings (SSSR count). The molecule has 3 fully saturated rings. The van der Waals surface area contributed by atoms with Gasteiger partial charge in [0.1, 0.15) is 0 Å². The lowest BCUT2D eigenvalue weighted by Gasteiger charge is -2.40. The fourth-order valence-electron chi connectivity index (χ4n) is 4.35. The zero-order valence-electron chi connectivity index (χ0n) is 13.3. The van der Waals surface area contributed by atoms with Gasteiger partial charge < -0.3 is 10.2 Å². The van der Waals surface area contributed by atoms with E-state index >= 15 is 0 Å². The third kappa shape index (κ3) is 2.56. The topological polar surface area (TPSA) is 32.3 Å². The molecule has 3 aliphatic rings. The maximum Gasteiger partial charge on any atom is 0.229 e. The van der Waals surface area contributed by atoms with Crippen molar-refractivity contribution in [1.29, 1.82) is 0 Å². The van der Waals surface area contributed by atoms with Crippen molar-refractivity contribution in [1.82, 2.24) is 10.2 Å². The van der Waals surface area contributed by atoms with Crippen LogP contribution in [0, 0.1) is 10.8 Å². The predicted octanol–water partition coefficient (Wildman–Crippen LogP) is 2.61. The molecule has 2 heterocycles. The fraction of sp³-hybridized carbons (Fsp3) is 0.632. The van der Waals surface area contributed by atoms with E-state index < -0.39 is 0 Å². The van der Waals surface area contributed by atoms with E-state index in [1.165, 1.54) is 24.8 Å². The minimum absolute atomic E-state index is 0.0697. The first kappa shape index (κ1) is 14.3. The maximum atomic E-state index is 13.0. The van der Waals surface area contributed by atoms with Crippen molar-refractivity contribution < 1.29 is 4.79 Å². The van der Waals surface area contributed by atoms with Crippen molar-refractivity contribution in [2.24, 2.45) is 10.8 Å². The molecule has 1 aliphatic carbocycles. The van der Waals surface area contributed by atoms with Crippen LogP contribution in [0.5, 0.6) is 0 Å². The number of piperidine rings is 1. The van der Waals surface area contributed by atoms with Crippen LogP contribution in [-0.2, 0) is 11.2 Å². The molecule has 0 bridgehead atoms. The lowest BCUT2D eigenvalue weighted by molar-refractivity contribution is -0.139. The molecule has 0 aromatic heterocycles. The van der Waals surface area contributed by atoms with Gasteiger partial charge in [0.2, 0.25) is 5.91 Å². The van der Waals surface area contributed by atoms with Crippen LogP contribution in [0.3, 0.4) is 0 Å². The van der Waals surface area contributed by atoms with Crippen molar-refractivity contribution in [3.8, 4) is 0 Å². The van der Waals surface area contributed by atoms with Crippen molar-refractivity contribution in [3.05, 3.63) is 35.9 Å². The molecule has 1 aromatic carbocycles. The second kappa shape index (κ2) is 5.38. The van der Waals surface area contributed by atoms with Crippen LogP contribution in [0.15, 0.2) is 30.3 Å². The van der Waals surface area contributed by atoms with E-state index in [0.29, 0.717) is 11.3 Å². The Kier molecular flexibility index (Phi) is 3.48. The molecule has 0 unspecified atom stereocenters. The van der Waals surface area contributed by atoms with Gasteiger partial charge in [-0.15, -0.1) is 0 Å². The van der Waals surface area contributed by atoms with Crippen LogP contribution in [-0.4, -0.2) is 37.0 Å². The standard InChI is InChI=1S/C19H26N2O/c22-17(19(6-7-19)14-16-4-2-1-3-5-16)21-12-9-18(10-13-21)8-11-20-15-18/h1-5,20H,6-15H2. The molecule has 3 heteroatoms. The molecular weight excluding hydrogens is 272 g/mol. The Morgan fingerprint density at radius 2 is 1.77 bits per heavy atom. The maximum absolute atomic E-state index is 13.0. The van der Waals surface area contributed by atoms with Gasteiger partial charge in [-0.3, -0.25) is 4.79 Å². The number of carbonyl (C=O) groups excluding carboxylic acids is 1. The Balaban J connectivity index is 1.40. The summed E-state index contributed by atoms with van der Waals surface area (Å²) in [5.74, 6) is 0.428. The summed E-state index contributed by atoms with van der Waals surface area (Å²) in [6.07, 6.45) is 6.74. The van der Waals surface area contributed by atoms with E-state index in [2.05, 4.69) is 34.5 Å². The van der Waals surface area contributed by atoms with Crippen molar-refractivity contribution in [3.63, 3.8) is 0 Å². The summed E-state index contributed by atoms with van der Waals surface area (Å²) in [6.45, 7) is 4.25. The van der Waals surface area contributed by atoms with Crippen LogP contribution in [0.4, 0.5) is 0 Å². The Bertz CT molecular complexity index is 534. The van der Waals surface area contributed by atoms with Crippen molar-refractivity contribution in [2.45, 2.75) is 38.5 Å². The zero-order valence-corrected chi connectivity index (χ0v) is 13.3. The Morgan fingerprint density at radius 3 is 2.36 bits per heavy atom. The second-order valence-electron chi connectivity index (χ2n) is 7.66. The van der Waals surface area contributed by atoms with Crippen molar-refractivity contribution in [2.75, 3.05) is 26.2 Å². The SMILES string of the molecule is O=C(N1CCC2(CCNC2)CC1)C1(Cc2ccccc2)CC1. The smallest absolute Gasteiger partial charge is 0.229 e. The van der Waals surface area contributed by atoms with E-state index in [0.717, 1.165) is 45.4 Å². The highest BCUT2D eigenvalue weighted by molar-refractivity contribution is 5.85. The molecule has 2 aliphatic heterocycles. The predicted molar refractivity (Wildman–Crippen MR) is 87.5 cm³/mol. The van der Waals surface area contributed by atoms with E-state index in [1.54, 1.807) is 0 Å². The molecule has 1 saturated carbocycles. The summed E-state index contributed by atoms with van der Waals surface area (Å²) in [5, 5.41) is 3.50. The molecule has 22 heavy (non-hydrogen) atoms. The number of amides is 1. The number of likely N-dealkylation sites (tertiary alicyclic amines) is 1. The summed E-state index contributed by atoms with van der Waals surface area (Å²) < 4.78 is 0. The third-order valence-electron chi connectivity index (χ3n) is 6.14. The first-order valence-electron chi connectivity index (χ1n) is 8.76. The third-order valence-corrected chi connectivity index (χ3v) is 6.14. The number of nitrogens with one attached hydrogen (secondary N) is 1. The molecule has 1 spiro atoms. The van der Waals surface area contributed by atoms with Gasteiger partial charge in [0.05, 0.1) is 5.41 Å². The first-order valence-corrected chi connectivity index (χ1v) is 8.76. The van der Waals surface area contributed by atoms with Gasteiger partial charge in [-0.2, -0.15) is 0 Å². The molecule has 3 nitrogen and oxygen atoms in total. The van der Waals surface area contributed by atoms with Crippen LogP contribution in [0.1, 0.15) is 37.7 Å². The van der Waals surface area contributed by atoms with Crippen LogP contribution in [0.2, 0.25) is 0 Å². The molecule has 0 atom stereocenters. The van der Waals surface area contributed by atoms with Gasteiger partial charge in [-0.05, 0) is 56.0 Å². The van der Waals surface area contributed by atoms with Gasteiger partial charge in [0.15, 0.2) is 0 Å². The number of carbonyl (C=O) groups is 1. The number of hydrogen-bond acceptors (Lipinski definition) is 2. The van der Waals surface area contributed by atoms with Gasteiger partial charge in [0.25, 0.3) is 0 Å². The van der Waals surface area contributed by atoms with E-state index in [9.17, 15) is 4.79 Å². The van der Waals surface area contributed by atoms with Crippen LogP contribution < -0.4 is 5.32 Å². The largest absolute Gasteiger partial charge is 0.342 e. The molecule has 118 valence electrons. The highest BCUT2D eigenvalue weighted by atomic mass is 16.2. The lowest BCUT2D eigenvalue weighted by atomic mass is 9.77. The summed E-state index contributed by atoms with van der Waals surface area (Å²) in [4.78, 5) is 15.2. The number of hydrogen-bond donors (Lipinski definition) is 1. The molecule has 1 N–H and O–H groups in total. The average Bonchev–Trinajstić information content (AvgIpc) is 3.20. The summed E-state index contributed by atoms with van der Waals surface area (Å²) in [5.41, 5.74) is 1.73. The molecular formula is C19H26N2O. The highest BCUT2D eigenvalue weighted by Gasteiger charge is 2.52. The van der Waals surface area contributed by atoms with Crippen molar-refractivity contribution >= 4 is 5.91 Å². The normalized spacial score (nSPS) is 25.4. The summed E-state index contributed by atoms with van der Waals surface area (Å²) in [6, 6.07) is 10.5.